The summed E-state index contributed by atoms with van der Waals surface area (Å²) in [4.78, 5) is 2.00. The zero-order valence-corrected chi connectivity index (χ0v) is 7.50. The van der Waals surface area contributed by atoms with Gasteiger partial charge in [-0.25, -0.2) is 0 Å². The van der Waals surface area contributed by atoms with E-state index >= 15 is 0 Å². The largest absolute Gasteiger partial charge is 0.312 e. The summed E-state index contributed by atoms with van der Waals surface area (Å²) in [6, 6.07) is 0. The van der Waals surface area contributed by atoms with Gasteiger partial charge in [0.25, 0.3) is 0 Å². The maximum absolute atomic E-state index is 5.14. The van der Waals surface area contributed by atoms with E-state index in [9.17, 15) is 0 Å². The van der Waals surface area contributed by atoms with Crippen LogP contribution in [-0.2, 0) is 0 Å². The molecule has 52 valence electrons. The van der Waals surface area contributed by atoms with E-state index in [1.54, 1.807) is 6.92 Å². The first kappa shape index (κ1) is 11.4. The van der Waals surface area contributed by atoms with Gasteiger partial charge in [-0.1, -0.05) is 0 Å². The first-order chi connectivity index (χ1) is 3.46. The van der Waals surface area contributed by atoms with E-state index in [1.165, 1.54) is 0 Å². The minimum Gasteiger partial charge on any atom is -0.312 e. The SMILES string of the molecule is CC(S)Cl.CN(C)C. The van der Waals surface area contributed by atoms with Crippen LogP contribution in [0.5, 0.6) is 0 Å². The van der Waals surface area contributed by atoms with Gasteiger partial charge < -0.3 is 4.90 Å². The summed E-state index contributed by atoms with van der Waals surface area (Å²) in [6.07, 6.45) is 0. The van der Waals surface area contributed by atoms with E-state index in [0.29, 0.717) is 0 Å². The van der Waals surface area contributed by atoms with Crippen molar-refractivity contribution in [2.45, 2.75) is 11.6 Å². The Kier molecular flexibility index (Phi) is 10.8. The van der Waals surface area contributed by atoms with E-state index < -0.39 is 0 Å². The molecule has 3 heteroatoms. The van der Waals surface area contributed by atoms with Gasteiger partial charge in [0, 0.05) is 0 Å². The van der Waals surface area contributed by atoms with Crippen molar-refractivity contribution < 1.29 is 0 Å². The van der Waals surface area contributed by atoms with Crippen LogP contribution in [0.25, 0.3) is 0 Å². The molecule has 0 heterocycles. The number of rotatable bonds is 0. The maximum atomic E-state index is 5.14. The van der Waals surface area contributed by atoms with Crippen molar-refractivity contribution in [3.05, 3.63) is 0 Å². The zero-order valence-electron chi connectivity index (χ0n) is 5.85. The molecule has 1 atom stereocenters. The Hall–Kier alpha value is 0.600. The fourth-order valence-corrected chi connectivity index (χ4v) is 0. The number of hydrogen-bond acceptors (Lipinski definition) is 2. The Morgan fingerprint density at radius 2 is 1.38 bits per heavy atom. The van der Waals surface area contributed by atoms with Crippen molar-refractivity contribution >= 4 is 24.2 Å². The molecule has 0 saturated carbocycles. The fraction of sp³-hybridized carbons (Fsp3) is 1.00. The van der Waals surface area contributed by atoms with Gasteiger partial charge in [0.05, 0.1) is 4.71 Å². The average molecular weight is 156 g/mol. The van der Waals surface area contributed by atoms with Crippen molar-refractivity contribution in [3.8, 4) is 0 Å². The Balaban J connectivity index is 0. The molecule has 8 heavy (non-hydrogen) atoms. The summed E-state index contributed by atoms with van der Waals surface area (Å²) in [5, 5.41) is 0. The van der Waals surface area contributed by atoms with Crippen LogP contribution >= 0.6 is 24.2 Å². The monoisotopic (exact) mass is 155 g/mol. The average Bonchev–Trinajstić information content (AvgIpc) is 1.25. The molecule has 0 rings (SSSR count). The fourth-order valence-electron chi connectivity index (χ4n) is 0. The predicted molar refractivity (Wildman–Crippen MR) is 43.9 cm³/mol. The number of nitrogens with zero attached hydrogens (tertiary/aromatic N) is 1. The first-order valence-electron chi connectivity index (χ1n) is 2.40. The van der Waals surface area contributed by atoms with Crippen LogP contribution in [0.3, 0.4) is 0 Å². The molecule has 0 spiro atoms. The molecule has 0 N–H and O–H groups in total. The van der Waals surface area contributed by atoms with Crippen molar-refractivity contribution in [2.75, 3.05) is 21.1 Å². The second-order valence-corrected chi connectivity index (χ2v) is 3.65. The third kappa shape index (κ3) is 575. The third-order valence-electron chi connectivity index (χ3n) is 0. The van der Waals surface area contributed by atoms with Crippen LogP contribution in [-0.4, -0.2) is 30.8 Å². The van der Waals surface area contributed by atoms with Gasteiger partial charge in [0.1, 0.15) is 0 Å². The molecule has 1 unspecified atom stereocenters. The van der Waals surface area contributed by atoms with Crippen LogP contribution in [0.2, 0.25) is 0 Å². The molecule has 0 aromatic heterocycles. The standard InChI is InChI=1S/C3H9N.C2H5ClS/c1-4(2)3;1-2(3)4/h1-3H3;2,4H,1H3. The number of halogens is 1. The molecule has 0 aliphatic rings. The quantitative estimate of drug-likeness (QED) is 0.412. The summed E-state index contributed by atoms with van der Waals surface area (Å²) in [5.74, 6) is 0. The number of alkyl halides is 1. The van der Waals surface area contributed by atoms with Crippen LogP contribution in [0.4, 0.5) is 0 Å². The normalized spacial score (nSPS) is 12.4. The van der Waals surface area contributed by atoms with Gasteiger partial charge in [-0.2, -0.15) is 12.6 Å². The van der Waals surface area contributed by atoms with E-state index in [1.807, 2.05) is 26.0 Å². The molecule has 0 aromatic rings. The highest BCUT2D eigenvalue weighted by atomic mass is 35.5. The molecule has 0 aliphatic carbocycles. The lowest BCUT2D eigenvalue weighted by atomic mass is 11.0. The maximum Gasteiger partial charge on any atom is 0.0731 e. The summed E-state index contributed by atoms with van der Waals surface area (Å²) in [5.41, 5.74) is 0. The van der Waals surface area contributed by atoms with Crippen molar-refractivity contribution in [2.24, 2.45) is 0 Å². The van der Waals surface area contributed by atoms with Gasteiger partial charge in [-0.3, -0.25) is 0 Å². The highest BCUT2D eigenvalue weighted by Crippen LogP contribution is 1.94. The van der Waals surface area contributed by atoms with E-state index in [0.717, 1.165) is 0 Å². The predicted octanol–water partition coefficient (Wildman–Crippen LogP) is 1.68. The Morgan fingerprint density at radius 1 is 1.38 bits per heavy atom. The van der Waals surface area contributed by atoms with Crippen molar-refractivity contribution in [3.63, 3.8) is 0 Å². The van der Waals surface area contributed by atoms with Gasteiger partial charge >= 0.3 is 0 Å². The molecule has 0 aliphatic heterocycles. The molecule has 0 bridgehead atoms. The highest BCUT2D eigenvalue weighted by Gasteiger charge is 1.72. The zero-order chi connectivity index (χ0) is 7.15. The van der Waals surface area contributed by atoms with E-state index in [2.05, 4.69) is 12.6 Å². The third-order valence-corrected chi connectivity index (χ3v) is 0. The van der Waals surface area contributed by atoms with Gasteiger partial charge in [0.2, 0.25) is 0 Å². The van der Waals surface area contributed by atoms with Crippen LogP contribution in [0.1, 0.15) is 6.92 Å². The minimum absolute atomic E-state index is 0.000000000000000222. The molecule has 1 nitrogen and oxygen atoms in total. The number of hydrogen-bond donors (Lipinski definition) is 1. The summed E-state index contributed by atoms with van der Waals surface area (Å²) in [6.45, 7) is 1.80. The first-order valence-corrected chi connectivity index (χ1v) is 3.35. The lowest BCUT2D eigenvalue weighted by Crippen LogP contribution is -1.99. The van der Waals surface area contributed by atoms with Gasteiger partial charge in [-0.15, -0.1) is 11.6 Å². The van der Waals surface area contributed by atoms with Crippen molar-refractivity contribution in [1.82, 2.24) is 4.90 Å². The highest BCUT2D eigenvalue weighted by molar-refractivity contribution is 7.82. The molecule has 0 amide bonds. The second-order valence-electron chi connectivity index (χ2n) is 1.92. The molecular weight excluding hydrogens is 142 g/mol. The minimum atomic E-state index is -0.000000000000000222. The van der Waals surface area contributed by atoms with Gasteiger partial charge in [-0.05, 0) is 28.1 Å². The topological polar surface area (TPSA) is 3.24 Å². The summed E-state index contributed by atoms with van der Waals surface area (Å²) < 4.78 is -0.000000000000000222. The molecular formula is C5H14ClNS. The molecule has 0 aromatic carbocycles. The summed E-state index contributed by atoms with van der Waals surface area (Å²) in [7, 11) is 6.00. The Labute approximate surface area is 62.4 Å². The van der Waals surface area contributed by atoms with Crippen molar-refractivity contribution in [1.29, 1.82) is 0 Å². The van der Waals surface area contributed by atoms with Crippen LogP contribution in [0.15, 0.2) is 0 Å². The van der Waals surface area contributed by atoms with Crippen LogP contribution in [0, 0.1) is 0 Å². The smallest absolute Gasteiger partial charge is 0.0731 e. The van der Waals surface area contributed by atoms with Crippen LogP contribution < -0.4 is 0 Å². The molecule has 0 fully saturated rings. The Bertz CT molecular complexity index is 27.9. The molecule has 0 saturated heterocycles. The lowest BCUT2D eigenvalue weighted by Gasteiger charge is -1.90. The van der Waals surface area contributed by atoms with E-state index in [4.69, 9.17) is 11.6 Å². The van der Waals surface area contributed by atoms with E-state index in [-0.39, 0.29) is 4.71 Å². The lowest BCUT2D eigenvalue weighted by molar-refractivity contribution is 0.505. The summed E-state index contributed by atoms with van der Waals surface area (Å²) >= 11 is 8.87. The van der Waals surface area contributed by atoms with Gasteiger partial charge in [0.15, 0.2) is 0 Å². The Morgan fingerprint density at radius 3 is 1.38 bits per heavy atom. The number of thiol groups is 1. The second kappa shape index (κ2) is 7.60. The molecule has 0 radical (unpaired) electrons.